The summed E-state index contributed by atoms with van der Waals surface area (Å²) in [4.78, 5) is 14.0. The molecule has 2 N–H and O–H groups in total. The molecular formula is C20H32N2O2. The lowest BCUT2D eigenvalue weighted by Gasteiger charge is -2.36. The molecule has 1 aliphatic heterocycles. The van der Waals surface area contributed by atoms with Crippen LogP contribution in [0.4, 0.5) is 4.79 Å². The number of piperidine rings is 1. The number of nitrogens with two attached hydrogens (primary N) is 1. The van der Waals surface area contributed by atoms with E-state index in [9.17, 15) is 4.79 Å². The van der Waals surface area contributed by atoms with Gasteiger partial charge in [0.25, 0.3) is 0 Å². The predicted molar refractivity (Wildman–Crippen MR) is 98.2 cm³/mol. The molecule has 0 bridgehead atoms. The van der Waals surface area contributed by atoms with Gasteiger partial charge in [-0.2, -0.15) is 0 Å². The van der Waals surface area contributed by atoms with Gasteiger partial charge in [0.2, 0.25) is 0 Å². The fraction of sp³-hybridized carbons (Fsp3) is 0.650. The quantitative estimate of drug-likeness (QED) is 0.910. The number of carbonyl (C=O) groups is 1. The summed E-state index contributed by atoms with van der Waals surface area (Å²) < 4.78 is 5.48. The first-order valence-corrected chi connectivity index (χ1v) is 8.96. The number of hydrogen-bond donors (Lipinski definition) is 1. The zero-order valence-corrected chi connectivity index (χ0v) is 15.8. The maximum absolute atomic E-state index is 12.2. The Labute approximate surface area is 146 Å². The van der Waals surface area contributed by atoms with Crippen LogP contribution < -0.4 is 5.73 Å². The molecule has 1 aromatic rings. The number of ether oxygens (including phenoxy) is 1. The summed E-state index contributed by atoms with van der Waals surface area (Å²) in [5.74, 6) is 0.890. The van der Waals surface area contributed by atoms with E-state index in [0.717, 1.165) is 25.9 Å². The lowest BCUT2D eigenvalue weighted by Crippen LogP contribution is -2.43. The van der Waals surface area contributed by atoms with Crippen LogP contribution in [0.15, 0.2) is 18.2 Å². The summed E-state index contributed by atoms with van der Waals surface area (Å²) in [7, 11) is 0. The van der Waals surface area contributed by atoms with Crippen molar-refractivity contribution in [3.05, 3.63) is 34.9 Å². The number of nitrogens with zero attached hydrogens (tertiary/aromatic N) is 1. The van der Waals surface area contributed by atoms with E-state index in [1.165, 1.54) is 16.7 Å². The highest BCUT2D eigenvalue weighted by Gasteiger charge is 2.30. The molecule has 24 heavy (non-hydrogen) atoms. The van der Waals surface area contributed by atoms with Gasteiger partial charge in [0.05, 0.1) is 0 Å². The van der Waals surface area contributed by atoms with Gasteiger partial charge < -0.3 is 15.4 Å². The van der Waals surface area contributed by atoms with Crippen LogP contribution in [0.5, 0.6) is 0 Å². The van der Waals surface area contributed by atoms with Crippen LogP contribution in [-0.4, -0.2) is 36.2 Å². The summed E-state index contributed by atoms with van der Waals surface area (Å²) in [6.45, 7) is 12.2. The standard InChI is InChI=1S/C20H32N2O2/c1-14-6-7-17(12-15(14)2)18(13-21)16-8-10-22(11-9-16)19(23)24-20(3,4)5/h6-7,12,16,18H,8-11,13,21H2,1-5H3. The van der Waals surface area contributed by atoms with Gasteiger partial charge in [-0.15, -0.1) is 0 Å². The summed E-state index contributed by atoms with van der Waals surface area (Å²) >= 11 is 0. The van der Waals surface area contributed by atoms with E-state index < -0.39 is 5.60 Å². The van der Waals surface area contributed by atoms with Crippen molar-refractivity contribution in [2.45, 2.75) is 59.0 Å². The first kappa shape index (κ1) is 18.8. The third-order valence-electron chi connectivity index (χ3n) is 4.97. The van der Waals surface area contributed by atoms with Crippen LogP contribution in [0, 0.1) is 19.8 Å². The molecule has 0 radical (unpaired) electrons. The Morgan fingerprint density at radius 1 is 1.25 bits per heavy atom. The number of likely N-dealkylation sites (tertiary alicyclic amines) is 1. The fourth-order valence-electron chi connectivity index (χ4n) is 3.41. The molecule has 1 aliphatic rings. The first-order chi connectivity index (χ1) is 11.2. The van der Waals surface area contributed by atoms with Gasteiger partial charge in [0.1, 0.15) is 5.60 Å². The van der Waals surface area contributed by atoms with E-state index in [2.05, 4.69) is 32.0 Å². The SMILES string of the molecule is Cc1ccc(C(CN)C2CCN(C(=O)OC(C)(C)C)CC2)cc1C. The maximum Gasteiger partial charge on any atom is 0.410 e. The minimum Gasteiger partial charge on any atom is -0.444 e. The Hall–Kier alpha value is -1.55. The largest absolute Gasteiger partial charge is 0.444 e. The second-order valence-corrected chi connectivity index (χ2v) is 7.99. The molecule has 1 heterocycles. The summed E-state index contributed by atoms with van der Waals surface area (Å²) in [6.07, 6.45) is 1.76. The van der Waals surface area contributed by atoms with Crippen molar-refractivity contribution in [2.24, 2.45) is 11.7 Å². The average Bonchev–Trinajstić information content (AvgIpc) is 2.50. The molecule has 0 aromatic heterocycles. The molecule has 4 heteroatoms. The zero-order valence-electron chi connectivity index (χ0n) is 15.8. The first-order valence-electron chi connectivity index (χ1n) is 8.96. The van der Waals surface area contributed by atoms with E-state index in [1.54, 1.807) is 0 Å². The van der Waals surface area contributed by atoms with E-state index >= 15 is 0 Å². The van der Waals surface area contributed by atoms with Crippen LogP contribution in [0.2, 0.25) is 0 Å². The molecule has 4 nitrogen and oxygen atoms in total. The maximum atomic E-state index is 12.2. The third kappa shape index (κ3) is 4.73. The van der Waals surface area contributed by atoms with Crippen molar-refractivity contribution in [1.82, 2.24) is 4.90 Å². The molecule has 1 amide bonds. The Kier molecular flexibility index (Phi) is 5.92. The highest BCUT2D eigenvalue weighted by molar-refractivity contribution is 5.68. The smallest absolute Gasteiger partial charge is 0.410 e. The number of carbonyl (C=O) groups excluding carboxylic acids is 1. The minimum absolute atomic E-state index is 0.198. The lowest BCUT2D eigenvalue weighted by molar-refractivity contribution is 0.0175. The number of benzene rings is 1. The molecule has 1 fully saturated rings. The predicted octanol–water partition coefficient (Wildman–Crippen LogP) is 3.99. The van der Waals surface area contributed by atoms with Gasteiger partial charge in [0.15, 0.2) is 0 Å². The van der Waals surface area contributed by atoms with Crippen LogP contribution in [-0.2, 0) is 4.74 Å². The fourth-order valence-corrected chi connectivity index (χ4v) is 3.41. The topological polar surface area (TPSA) is 55.6 Å². The van der Waals surface area contributed by atoms with Crippen LogP contribution >= 0.6 is 0 Å². The number of hydrogen-bond acceptors (Lipinski definition) is 3. The van der Waals surface area contributed by atoms with E-state index in [-0.39, 0.29) is 6.09 Å². The molecule has 0 spiro atoms. The molecule has 0 saturated carbocycles. The van der Waals surface area contributed by atoms with Crippen molar-refractivity contribution in [2.75, 3.05) is 19.6 Å². The van der Waals surface area contributed by atoms with Gasteiger partial charge >= 0.3 is 6.09 Å². The molecule has 2 rings (SSSR count). The van der Waals surface area contributed by atoms with Crippen molar-refractivity contribution >= 4 is 6.09 Å². The van der Waals surface area contributed by atoms with E-state index in [1.807, 2.05) is 25.7 Å². The van der Waals surface area contributed by atoms with Gasteiger partial charge in [-0.1, -0.05) is 18.2 Å². The van der Waals surface area contributed by atoms with Crippen molar-refractivity contribution in [3.63, 3.8) is 0 Å². The second-order valence-electron chi connectivity index (χ2n) is 7.99. The molecule has 1 atom stereocenters. The number of aryl methyl sites for hydroxylation is 2. The Morgan fingerprint density at radius 3 is 2.38 bits per heavy atom. The molecule has 1 aromatic carbocycles. The summed E-state index contributed by atoms with van der Waals surface area (Å²) in [5, 5.41) is 0. The minimum atomic E-state index is -0.437. The van der Waals surface area contributed by atoms with Crippen LogP contribution in [0.1, 0.15) is 56.2 Å². The van der Waals surface area contributed by atoms with Crippen LogP contribution in [0.3, 0.4) is 0 Å². The molecule has 1 unspecified atom stereocenters. The summed E-state index contributed by atoms with van der Waals surface area (Å²) in [6, 6.07) is 6.66. The Bertz CT molecular complexity index is 569. The monoisotopic (exact) mass is 332 g/mol. The van der Waals surface area contributed by atoms with Gasteiger partial charge in [-0.05, 0) is 82.5 Å². The van der Waals surface area contributed by atoms with Crippen LogP contribution in [0.25, 0.3) is 0 Å². The molecule has 134 valence electrons. The Balaban J connectivity index is 1.99. The lowest BCUT2D eigenvalue weighted by atomic mass is 9.79. The van der Waals surface area contributed by atoms with Gasteiger partial charge in [0, 0.05) is 13.1 Å². The molecule has 0 aliphatic carbocycles. The van der Waals surface area contributed by atoms with E-state index in [4.69, 9.17) is 10.5 Å². The van der Waals surface area contributed by atoms with Crippen molar-refractivity contribution < 1.29 is 9.53 Å². The van der Waals surface area contributed by atoms with Gasteiger partial charge in [-0.25, -0.2) is 4.79 Å². The highest BCUT2D eigenvalue weighted by atomic mass is 16.6. The zero-order chi connectivity index (χ0) is 17.9. The highest BCUT2D eigenvalue weighted by Crippen LogP contribution is 2.33. The van der Waals surface area contributed by atoms with Crippen molar-refractivity contribution in [3.8, 4) is 0 Å². The number of rotatable bonds is 3. The normalized spacial score (nSPS) is 17.7. The number of amides is 1. The summed E-state index contributed by atoms with van der Waals surface area (Å²) in [5.41, 5.74) is 9.62. The Morgan fingerprint density at radius 2 is 1.88 bits per heavy atom. The average molecular weight is 332 g/mol. The second kappa shape index (κ2) is 7.56. The van der Waals surface area contributed by atoms with Crippen molar-refractivity contribution in [1.29, 1.82) is 0 Å². The van der Waals surface area contributed by atoms with Gasteiger partial charge in [-0.3, -0.25) is 0 Å². The molecule has 1 saturated heterocycles. The molecular weight excluding hydrogens is 300 g/mol. The van der Waals surface area contributed by atoms with E-state index in [0.29, 0.717) is 18.4 Å². The third-order valence-corrected chi connectivity index (χ3v) is 4.97.